The first-order valence-corrected chi connectivity index (χ1v) is 7.34. The molecule has 0 spiro atoms. The zero-order valence-corrected chi connectivity index (χ0v) is 12.5. The van der Waals surface area contributed by atoms with Gasteiger partial charge in [0.25, 0.3) is 0 Å². The summed E-state index contributed by atoms with van der Waals surface area (Å²) in [6.07, 6.45) is 5.22. The number of rotatable bonds is 6. The van der Waals surface area contributed by atoms with Gasteiger partial charge in [-0.1, -0.05) is 12.2 Å². The molecule has 0 amide bonds. The van der Waals surface area contributed by atoms with Crippen molar-refractivity contribution in [2.75, 3.05) is 43.1 Å². The molecular formula is C15H20N6O. The lowest BCUT2D eigenvalue weighted by atomic mass is 10.4. The molecule has 0 unspecified atom stereocenters. The largest absolute Gasteiger partial charge is 0.378 e. The first-order valence-electron chi connectivity index (χ1n) is 7.34. The smallest absolute Gasteiger partial charge is 0.205 e. The third kappa shape index (κ3) is 2.67. The molecule has 0 atom stereocenters. The Morgan fingerprint density at radius 1 is 1.23 bits per heavy atom. The summed E-state index contributed by atoms with van der Waals surface area (Å²) in [4.78, 5) is 15.7. The molecule has 2 aromatic heterocycles. The second-order valence-electron chi connectivity index (χ2n) is 4.97. The van der Waals surface area contributed by atoms with E-state index in [9.17, 15) is 0 Å². The number of anilines is 2. The van der Waals surface area contributed by atoms with E-state index in [4.69, 9.17) is 9.72 Å². The Hall–Kier alpha value is -2.41. The normalized spacial score (nSPS) is 15.0. The molecule has 1 N–H and O–H groups in total. The van der Waals surface area contributed by atoms with Crippen LogP contribution in [0, 0.1) is 0 Å². The fourth-order valence-electron chi connectivity index (χ4n) is 2.53. The maximum Gasteiger partial charge on any atom is 0.205 e. The third-order valence-electron chi connectivity index (χ3n) is 3.54. The van der Waals surface area contributed by atoms with Crippen molar-refractivity contribution in [2.45, 2.75) is 6.54 Å². The highest BCUT2D eigenvalue weighted by atomic mass is 16.5. The van der Waals surface area contributed by atoms with Gasteiger partial charge in [-0.3, -0.25) is 4.57 Å². The Morgan fingerprint density at radius 3 is 2.77 bits per heavy atom. The summed E-state index contributed by atoms with van der Waals surface area (Å²) < 4.78 is 7.40. The van der Waals surface area contributed by atoms with Crippen LogP contribution < -0.4 is 10.2 Å². The third-order valence-corrected chi connectivity index (χ3v) is 3.54. The standard InChI is InChI=1S/C15H20N6O/c1-3-5-16-15-19-12-13(20-7-9-22-10-8-20)17-11-18-14(12)21(15)6-4-2/h3-4,11H,1-2,5-10H2,(H,16,19). The number of allylic oxidation sites excluding steroid dienone is 1. The van der Waals surface area contributed by atoms with Gasteiger partial charge < -0.3 is 15.0 Å². The van der Waals surface area contributed by atoms with Gasteiger partial charge in [-0.2, -0.15) is 0 Å². The van der Waals surface area contributed by atoms with Gasteiger partial charge in [0.2, 0.25) is 5.95 Å². The highest BCUT2D eigenvalue weighted by molar-refractivity contribution is 5.85. The van der Waals surface area contributed by atoms with Gasteiger partial charge in [0.15, 0.2) is 17.0 Å². The fourth-order valence-corrected chi connectivity index (χ4v) is 2.53. The molecule has 0 bridgehead atoms. The van der Waals surface area contributed by atoms with Gasteiger partial charge in [-0.05, 0) is 0 Å². The number of hydrogen-bond donors (Lipinski definition) is 1. The van der Waals surface area contributed by atoms with Gasteiger partial charge in [0.1, 0.15) is 6.33 Å². The number of hydrogen-bond acceptors (Lipinski definition) is 6. The van der Waals surface area contributed by atoms with Crippen LogP contribution in [0.25, 0.3) is 11.2 Å². The van der Waals surface area contributed by atoms with E-state index < -0.39 is 0 Å². The van der Waals surface area contributed by atoms with Crippen molar-refractivity contribution in [3.63, 3.8) is 0 Å². The second kappa shape index (κ2) is 6.57. The zero-order valence-electron chi connectivity index (χ0n) is 12.5. The van der Waals surface area contributed by atoms with Gasteiger partial charge in [0, 0.05) is 26.2 Å². The molecule has 3 heterocycles. The molecule has 1 fully saturated rings. The van der Waals surface area contributed by atoms with Crippen LogP contribution in [0.5, 0.6) is 0 Å². The Labute approximate surface area is 129 Å². The molecule has 7 heteroatoms. The average Bonchev–Trinajstić information content (AvgIpc) is 2.92. The number of fused-ring (bicyclic) bond motifs is 1. The molecule has 22 heavy (non-hydrogen) atoms. The van der Waals surface area contributed by atoms with E-state index in [2.05, 4.69) is 33.3 Å². The minimum absolute atomic E-state index is 0.634. The average molecular weight is 300 g/mol. The Bertz CT molecular complexity index is 674. The lowest BCUT2D eigenvalue weighted by Crippen LogP contribution is -2.36. The number of ether oxygens (including phenoxy) is 1. The summed E-state index contributed by atoms with van der Waals surface area (Å²) in [5, 5.41) is 3.24. The predicted molar refractivity (Wildman–Crippen MR) is 87.2 cm³/mol. The second-order valence-corrected chi connectivity index (χ2v) is 4.97. The van der Waals surface area contributed by atoms with E-state index in [0.29, 0.717) is 26.3 Å². The van der Waals surface area contributed by atoms with Gasteiger partial charge >= 0.3 is 0 Å². The van der Waals surface area contributed by atoms with Crippen LogP contribution in [0.1, 0.15) is 0 Å². The predicted octanol–water partition coefficient (Wildman–Crippen LogP) is 1.45. The molecule has 0 aliphatic carbocycles. The van der Waals surface area contributed by atoms with Crippen molar-refractivity contribution in [2.24, 2.45) is 0 Å². The molecule has 0 aromatic carbocycles. The van der Waals surface area contributed by atoms with E-state index in [1.807, 2.05) is 10.6 Å². The SMILES string of the molecule is C=CCNc1nc2c(N3CCOCC3)ncnc2n1CC=C. The van der Waals surface area contributed by atoms with Crippen LogP contribution in [0.2, 0.25) is 0 Å². The molecule has 7 nitrogen and oxygen atoms in total. The van der Waals surface area contributed by atoms with Crippen LogP contribution in [0.4, 0.5) is 11.8 Å². The Kier molecular flexibility index (Phi) is 4.34. The Morgan fingerprint density at radius 2 is 2.05 bits per heavy atom. The van der Waals surface area contributed by atoms with Crippen LogP contribution in [-0.2, 0) is 11.3 Å². The van der Waals surface area contributed by atoms with E-state index in [1.165, 1.54) is 0 Å². The zero-order chi connectivity index (χ0) is 15.4. The number of nitrogens with one attached hydrogen (secondary N) is 1. The number of aromatic nitrogens is 4. The van der Waals surface area contributed by atoms with Crippen molar-refractivity contribution >= 4 is 22.9 Å². The topological polar surface area (TPSA) is 68.1 Å². The minimum atomic E-state index is 0.634. The van der Waals surface area contributed by atoms with Crippen LogP contribution in [-0.4, -0.2) is 52.4 Å². The van der Waals surface area contributed by atoms with Crippen LogP contribution >= 0.6 is 0 Å². The molecule has 0 radical (unpaired) electrons. The van der Waals surface area contributed by atoms with E-state index in [0.717, 1.165) is 36.0 Å². The van der Waals surface area contributed by atoms with Crippen molar-refractivity contribution in [1.29, 1.82) is 0 Å². The minimum Gasteiger partial charge on any atom is -0.378 e. The van der Waals surface area contributed by atoms with Crippen LogP contribution in [0.15, 0.2) is 31.6 Å². The quantitative estimate of drug-likeness (QED) is 0.814. The summed E-state index contributed by atoms with van der Waals surface area (Å²) in [5.74, 6) is 1.61. The van der Waals surface area contributed by atoms with Crippen molar-refractivity contribution in [3.8, 4) is 0 Å². The summed E-state index contributed by atoms with van der Waals surface area (Å²) in [6.45, 7) is 11.9. The van der Waals surface area contributed by atoms with Crippen LogP contribution in [0.3, 0.4) is 0 Å². The molecular weight excluding hydrogens is 280 g/mol. The first-order chi connectivity index (χ1) is 10.8. The summed E-state index contributed by atoms with van der Waals surface area (Å²) in [7, 11) is 0. The lowest BCUT2D eigenvalue weighted by molar-refractivity contribution is 0.122. The lowest BCUT2D eigenvalue weighted by Gasteiger charge is -2.27. The maximum atomic E-state index is 5.41. The van der Waals surface area contributed by atoms with Crippen molar-refractivity contribution in [1.82, 2.24) is 19.5 Å². The molecule has 116 valence electrons. The monoisotopic (exact) mass is 300 g/mol. The van der Waals surface area contributed by atoms with E-state index in [1.54, 1.807) is 12.4 Å². The highest BCUT2D eigenvalue weighted by Gasteiger charge is 2.20. The molecule has 1 aliphatic heterocycles. The number of nitrogens with zero attached hydrogens (tertiary/aromatic N) is 5. The molecule has 0 saturated carbocycles. The maximum absolute atomic E-state index is 5.41. The summed E-state index contributed by atoms with van der Waals surface area (Å²) in [6, 6.07) is 0. The highest BCUT2D eigenvalue weighted by Crippen LogP contribution is 2.26. The van der Waals surface area contributed by atoms with E-state index in [-0.39, 0.29) is 0 Å². The summed E-state index contributed by atoms with van der Waals surface area (Å²) in [5.41, 5.74) is 1.61. The van der Waals surface area contributed by atoms with Gasteiger partial charge in [-0.25, -0.2) is 15.0 Å². The molecule has 1 aliphatic rings. The molecule has 2 aromatic rings. The van der Waals surface area contributed by atoms with Crippen molar-refractivity contribution < 1.29 is 4.74 Å². The Balaban J connectivity index is 2.06. The summed E-state index contributed by atoms with van der Waals surface area (Å²) >= 11 is 0. The molecule has 3 rings (SSSR count). The number of imidazole rings is 1. The first kappa shape index (κ1) is 14.5. The van der Waals surface area contributed by atoms with Crippen molar-refractivity contribution in [3.05, 3.63) is 31.6 Å². The molecule has 1 saturated heterocycles. The fraction of sp³-hybridized carbons (Fsp3) is 0.400. The van der Waals surface area contributed by atoms with E-state index >= 15 is 0 Å². The van der Waals surface area contributed by atoms with Gasteiger partial charge in [-0.15, -0.1) is 13.2 Å². The van der Waals surface area contributed by atoms with Gasteiger partial charge in [0.05, 0.1) is 13.2 Å². The number of morpholine rings is 1.